The Labute approximate surface area is 186 Å². The summed E-state index contributed by atoms with van der Waals surface area (Å²) in [4.78, 5) is 38.1. The maximum atomic E-state index is 12.8. The first-order valence-corrected chi connectivity index (χ1v) is 9.74. The Balaban J connectivity index is 1.57. The first-order valence-electron chi connectivity index (χ1n) is 9.36. The van der Waals surface area contributed by atoms with Crippen LogP contribution in [-0.2, 0) is 25.3 Å². The molecule has 0 aromatic heterocycles. The standard InChI is InChI=1S/C21H18ClF3N2O5/c1-31-15-4-2-3-14(9-15)27-10-12(7-19(27)29)20(30)32-11-18(28)26-17-8-13(21(23,24)25)5-6-16(17)22/h2-6,8-9,12H,7,10-11H2,1H3,(H,26,28)/t12-/m1/s1. The van der Waals surface area contributed by atoms with Crippen molar-refractivity contribution in [1.82, 2.24) is 0 Å². The number of hydrogen-bond acceptors (Lipinski definition) is 5. The Morgan fingerprint density at radius 1 is 1.22 bits per heavy atom. The summed E-state index contributed by atoms with van der Waals surface area (Å²) in [5, 5.41) is 2.08. The molecule has 0 unspecified atom stereocenters. The number of amides is 2. The summed E-state index contributed by atoms with van der Waals surface area (Å²) in [6.07, 6.45) is -4.71. The van der Waals surface area contributed by atoms with Crippen molar-refractivity contribution in [3.05, 3.63) is 53.1 Å². The van der Waals surface area contributed by atoms with Gasteiger partial charge in [0.1, 0.15) is 5.75 Å². The third kappa shape index (κ3) is 5.50. The van der Waals surface area contributed by atoms with Gasteiger partial charge < -0.3 is 19.7 Å². The molecule has 2 amide bonds. The first kappa shape index (κ1) is 23.4. The van der Waals surface area contributed by atoms with E-state index in [-0.39, 0.29) is 29.6 Å². The number of alkyl halides is 3. The smallest absolute Gasteiger partial charge is 0.416 e. The van der Waals surface area contributed by atoms with E-state index in [0.29, 0.717) is 17.5 Å². The molecule has 1 atom stereocenters. The fourth-order valence-electron chi connectivity index (χ4n) is 3.13. The Bertz CT molecular complexity index is 1040. The molecule has 1 heterocycles. The van der Waals surface area contributed by atoms with Gasteiger partial charge in [-0.05, 0) is 30.3 Å². The molecule has 0 bridgehead atoms. The number of ether oxygens (including phenoxy) is 2. The summed E-state index contributed by atoms with van der Waals surface area (Å²) in [5.41, 5.74) is -0.694. The molecule has 32 heavy (non-hydrogen) atoms. The van der Waals surface area contributed by atoms with Crippen LogP contribution in [0.15, 0.2) is 42.5 Å². The molecule has 2 aromatic carbocycles. The molecule has 0 saturated carbocycles. The van der Waals surface area contributed by atoms with Crippen molar-refractivity contribution >= 4 is 40.8 Å². The van der Waals surface area contributed by atoms with Crippen LogP contribution in [0.4, 0.5) is 24.5 Å². The molecule has 7 nitrogen and oxygen atoms in total. The molecule has 1 fully saturated rings. The minimum atomic E-state index is -4.61. The quantitative estimate of drug-likeness (QED) is 0.647. The number of carbonyl (C=O) groups is 3. The van der Waals surface area contributed by atoms with Crippen LogP contribution in [-0.4, -0.2) is 38.0 Å². The summed E-state index contributed by atoms with van der Waals surface area (Å²) >= 11 is 5.83. The number of nitrogens with zero attached hydrogens (tertiary/aromatic N) is 1. The van der Waals surface area contributed by atoms with Crippen molar-refractivity contribution in [3.63, 3.8) is 0 Å². The summed E-state index contributed by atoms with van der Waals surface area (Å²) in [7, 11) is 1.49. The zero-order chi connectivity index (χ0) is 23.5. The van der Waals surface area contributed by atoms with Gasteiger partial charge in [-0.25, -0.2) is 0 Å². The van der Waals surface area contributed by atoms with Gasteiger partial charge in [-0.2, -0.15) is 13.2 Å². The zero-order valence-electron chi connectivity index (χ0n) is 16.7. The highest BCUT2D eigenvalue weighted by molar-refractivity contribution is 6.33. The average molecular weight is 471 g/mol. The van der Waals surface area contributed by atoms with Gasteiger partial charge in [-0.1, -0.05) is 17.7 Å². The molecule has 2 aromatic rings. The second kappa shape index (κ2) is 9.47. The molecule has 1 N–H and O–H groups in total. The van der Waals surface area contributed by atoms with E-state index in [9.17, 15) is 27.6 Å². The van der Waals surface area contributed by atoms with Crippen molar-refractivity contribution in [2.45, 2.75) is 12.6 Å². The van der Waals surface area contributed by atoms with Gasteiger partial charge in [0.05, 0.1) is 29.3 Å². The number of nitrogens with one attached hydrogen (secondary N) is 1. The van der Waals surface area contributed by atoms with Crippen LogP contribution in [0.2, 0.25) is 5.02 Å². The number of halogens is 4. The summed E-state index contributed by atoms with van der Waals surface area (Å²) in [6, 6.07) is 9.23. The average Bonchev–Trinajstić information content (AvgIpc) is 3.14. The molecule has 1 aliphatic heterocycles. The lowest BCUT2D eigenvalue weighted by molar-refractivity contribution is -0.151. The number of rotatable bonds is 6. The van der Waals surface area contributed by atoms with Crippen molar-refractivity contribution in [1.29, 1.82) is 0 Å². The predicted molar refractivity (Wildman–Crippen MR) is 109 cm³/mol. The number of methoxy groups -OCH3 is 1. The Kier molecular flexibility index (Phi) is 6.93. The van der Waals surface area contributed by atoms with E-state index in [1.165, 1.54) is 12.0 Å². The summed E-state index contributed by atoms with van der Waals surface area (Å²) < 4.78 is 48.6. The molecule has 3 rings (SSSR count). The highest BCUT2D eigenvalue weighted by atomic mass is 35.5. The maximum Gasteiger partial charge on any atom is 0.416 e. The minimum absolute atomic E-state index is 0.0614. The molecular weight excluding hydrogens is 453 g/mol. The molecule has 1 aliphatic rings. The van der Waals surface area contributed by atoms with E-state index < -0.39 is 36.1 Å². The number of benzene rings is 2. The van der Waals surface area contributed by atoms with Gasteiger partial charge >= 0.3 is 12.1 Å². The van der Waals surface area contributed by atoms with Crippen LogP contribution in [0, 0.1) is 5.92 Å². The fraction of sp³-hybridized carbons (Fsp3) is 0.286. The van der Waals surface area contributed by atoms with Gasteiger partial charge in [-0.15, -0.1) is 0 Å². The number of esters is 1. The van der Waals surface area contributed by atoms with Crippen molar-refractivity contribution in [3.8, 4) is 5.75 Å². The zero-order valence-corrected chi connectivity index (χ0v) is 17.5. The van der Waals surface area contributed by atoms with E-state index in [2.05, 4.69) is 5.32 Å². The van der Waals surface area contributed by atoms with E-state index >= 15 is 0 Å². The minimum Gasteiger partial charge on any atom is -0.497 e. The lowest BCUT2D eigenvalue weighted by Crippen LogP contribution is -2.28. The van der Waals surface area contributed by atoms with Crippen LogP contribution < -0.4 is 15.0 Å². The lowest BCUT2D eigenvalue weighted by atomic mass is 10.1. The Hall–Kier alpha value is -3.27. The topological polar surface area (TPSA) is 84.9 Å². The van der Waals surface area contributed by atoms with Gasteiger partial charge in [-0.3, -0.25) is 14.4 Å². The van der Waals surface area contributed by atoms with Crippen LogP contribution >= 0.6 is 11.6 Å². The highest BCUT2D eigenvalue weighted by Crippen LogP contribution is 2.34. The second-order valence-electron chi connectivity index (χ2n) is 6.96. The van der Waals surface area contributed by atoms with E-state index in [1.54, 1.807) is 24.3 Å². The molecule has 0 radical (unpaired) electrons. The first-order chi connectivity index (χ1) is 15.1. The summed E-state index contributed by atoms with van der Waals surface area (Å²) in [6.45, 7) is -0.679. The molecule has 1 saturated heterocycles. The van der Waals surface area contributed by atoms with Crippen molar-refractivity contribution < 1.29 is 37.0 Å². The van der Waals surface area contributed by atoms with Gasteiger partial charge in [0.25, 0.3) is 5.91 Å². The van der Waals surface area contributed by atoms with E-state index in [4.69, 9.17) is 21.1 Å². The normalized spacial score (nSPS) is 16.1. The van der Waals surface area contributed by atoms with Crippen LogP contribution in [0.5, 0.6) is 5.75 Å². The largest absolute Gasteiger partial charge is 0.497 e. The molecule has 0 spiro atoms. The second-order valence-corrected chi connectivity index (χ2v) is 7.36. The van der Waals surface area contributed by atoms with Crippen LogP contribution in [0.3, 0.4) is 0 Å². The number of carbonyl (C=O) groups excluding carboxylic acids is 3. The summed E-state index contributed by atoms with van der Waals surface area (Å²) in [5.74, 6) is -2.17. The third-order valence-corrected chi connectivity index (χ3v) is 5.07. The SMILES string of the molecule is COc1cccc(N2C[C@H](C(=O)OCC(=O)Nc3cc(C(F)(F)F)ccc3Cl)CC2=O)c1. The Morgan fingerprint density at radius 2 is 1.97 bits per heavy atom. The van der Waals surface area contributed by atoms with Crippen LogP contribution in [0.25, 0.3) is 0 Å². The fourth-order valence-corrected chi connectivity index (χ4v) is 3.30. The lowest BCUT2D eigenvalue weighted by Gasteiger charge is -2.17. The van der Waals surface area contributed by atoms with Gasteiger partial charge in [0.15, 0.2) is 6.61 Å². The molecule has 0 aliphatic carbocycles. The molecule has 170 valence electrons. The van der Waals surface area contributed by atoms with E-state index in [0.717, 1.165) is 12.1 Å². The van der Waals surface area contributed by atoms with E-state index in [1.807, 2.05) is 0 Å². The highest BCUT2D eigenvalue weighted by Gasteiger charge is 2.36. The number of anilines is 2. The predicted octanol–water partition coefficient (Wildman–Crippen LogP) is 3.90. The Morgan fingerprint density at radius 3 is 2.66 bits per heavy atom. The third-order valence-electron chi connectivity index (χ3n) is 4.74. The van der Waals surface area contributed by atoms with Crippen LogP contribution in [0.1, 0.15) is 12.0 Å². The van der Waals surface area contributed by atoms with Gasteiger partial charge in [0.2, 0.25) is 5.91 Å². The van der Waals surface area contributed by atoms with Crippen molar-refractivity contribution in [2.75, 3.05) is 30.5 Å². The molecule has 11 heteroatoms. The number of hydrogen-bond donors (Lipinski definition) is 1. The van der Waals surface area contributed by atoms with Gasteiger partial charge in [0, 0.05) is 24.7 Å². The monoisotopic (exact) mass is 470 g/mol. The molecular formula is C21H18ClF3N2O5. The van der Waals surface area contributed by atoms with Crippen molar-refractivity contribution in [2.24, 2.45) is 5.92 Å². The maximum absolute atomic E-state index is 12.8.